The van der Waals surface area contributed by atoms with Gasteiger partial charge in [0.25, 0.3) is 5.91 Å². The summed E-state index contributed by atoms with van der Waals surface area (Å²) in [6.07, 6.45) is -0.851. The van der Waals surface area contributed by atoms with Gasteiger partial charge in [-0.2, -0.15) is 0 Å². The van der Waals surface area contributed by atoms with Crippen molar-refractivity contribution in [3.63, 3.8) is 0 Å². The zero-order valence-corrected chi connectivity index (χ0v) is 16.1. The Labute approximate surface area is 170 Å². The average molecular weight is 411 g/mol. The largest absolute Gasteiger partial charge is 0.273 e. The molecule has 3 atom stereocenters. The maximum absolute atomic E-state index is 13.3. The number of rotatable bonds is 3. The molecule has 2 aliphatic rings. The Hall–Kier alpha value is -2.67. The third-order valence-electron chi connectivity index (χ3n) is 5.05. The number of halogens is 1. The number of fused-ring (bicyclic) bond motifs is 1. The van der Waals surface area contributed by atoms with Gasteiger partial charge in [-0.05, 0) is 47.8 Å². The number of benzene rings is 2. The molecule has 5 nitrogen and oxygen atoms in total. The molecule has 2 fully saturated rings. The van der Waals surface area contributed by atoms with Crippen molar-refractivity contribution in [2.75, 3.05) is 9.96 Å². The van der Waals surface area contributed by atoms with Crippen molar-refractivity contribution in [3.8, 4) is 0 Å². The van der Waals surface area contributed by atoms with Gasteiger partial charge in [0.15, 0.2) is 6.10 Å². The number of imide groups is 1. The Morgan fingerprint density at radius 3 is 2.29 bits per heavy atom. The predicted octanol–water partition coefficient (Wildman–Crippen LogP) is 4.45. The summed E-state index contributed by atoms with van der Waals surface area (Å²) in [5.74, 6) is -1.18. The molecule has 1 aromatic heterocycles. The molecule has 0 saturated carbocycles. The van der Waals surface area contributed by atoms with Gasteiger partial charge in [-0.25, -0.2) is 9.96 Å². The molecule has 0 N–H and O–H groups in total. The van der Waals surface area contributed by atoms with Gasteiger partial charge in [0.05, 0.1) is 11.4 Å². The molecular weight excluding hydrogens is 396 g/mol. The van der Waals surface area contributed by atoms with E-state index < -0.39 is 12.0 Å². The van der Waals surface area contributed by atoms with E-state index in [-0.39, 0.29) is 17.9 Å². The molecule has 140 valence electrons. The molecule has 2 aliphatic heterocycles. The number of thiophene rings is 1. The summed E-state index contributed by atoms with van der Waals surface area (Å²) in [5, 5.41) is 4.24. The van der Waals surface area contributed by atoms with E-state index in [1.807, 2.05) is 47.8 Å². The summed E-state index contributed by atoms with van der Waals surface area (Å²) in [6, 6.07) is 19.7. The monoisotopic (exact) mass is 410 g/mol. The van der Waals surface area contributed by atoms with Crippen LogP contribution in [0.1, 0.15) is 10.9 Å². The molecule has 3 heterocycles. The van der Waals surface area contributed by atoms with E-state index in [0.29, 0.717) is 10.7 Å². The van der Waals surface area contributed by atoms with Gasteiger partial charge < -0.3 is 0 Å². The second-order valence-electron chi connectivity index (χ2n) is 6.66. The van der Waals surface area contributed by atoms with E-state index in [0.717, 1.165) is 10.6 Å². The summed E-state index contributed by atoms with van der Waals surface area (Å²) in [6.45, 7) is 0. The topological polar surface area (TPSA) is 49.9 Å². The van der Waals surface area contributed by atoms with Crippen LogP contribution in [0.25, 0.3) is 0 Å². The van der Waals surface area contributed by atoms with Crippen molar-refractivity contribution in [1.29, 1.82) is 0 Å². The van der Waals surface area contributed by atoms with Crippen molar-refractivity contribution in [2.45, 2.75) is 12.1 Å². The summed E-state index contributed by atoms with van der Waals surface area (Å²) in [7, 11) is 0. The smallest absolute Gasteiger partial charge is 0.266 e. The Balaban J connectivity index is 1.57. The molecule has 5 rings (SSSR count). The maximum Gasteiger partial charge on any atom is 0.266 e. The van der Waals surface area contributed by atoms with Crippen molar-refractivity contribution < 1.29 is 14.4 Å². The molecule has 2 saturated heterocycles. The fraction of sp³-hybridized carbons (Fsp3) is 0.143. The van der Waals surface area contributed by atoms with Crippen molar-refractivity contribution in [2.24, 2.45) is 5.92 Å². The Morgan fingerprint density at radius 1 is 0.857 bits per heavy atom. The first-order chi connectivity index (χ1) is 13.6. The Bertz CT molecular complexity index is 1020. The Morgan fingerprint density at radius 2 is 1.61 bits per heavy atom. The summed E-state index contributed by atoms with van der Waals surface area (Å²) >= 11 is 7.55. The Kier molecular flexibility index (Phi) is 4.19. The van der Waals surface area contributed by atoms with Gasteiger partial charge in [-0.1, -0.05) is 35.9 Å². The average Bonchev–Trinajstić information content (AvgIpc) is 3.41. The number of carbonyl (C=O) groups excluding carboxylic acids is 2. The zero-order chi connectivity index (χ0) is 19.3. The van der Waals surface area contributed by atoms with Gasteiger partial charge in [-0.15, -0.1) is 11.3 Å². The number of hydrogen-bond donors (Lipinski definition) is 0. The summed E-state index contributed by atoms with van der Waals surface area (Å²) in [5.41, 5.74) is 1.32. The van der Waals surface area contributed by atoms with E-state index in [1.165, 1.54) is 4.90 Å². The minimum atomic E-state index is -0.851. The molecule has 0 spiro atoms. The minimum absolute atomic E-state index is 0.240. The van der Waals surface area contributed by atoms with Gasteiger partial charge >= 0.3 is 0 Å². The number of carbonyl (C=O) groups is 2. The van der Waals surface area contributed by atoms with E-state index in [9.17, 15) is 9.59 Å². The first kappa shape index (κ1) is 17.4. The molecule has 0 unspecified atom stereocenters. The third kappa shape index (κ3) is 2.64. The van der Waals surface area contributed by atoms with Crippen LogP contribution in [0.2, 0.25) is 5.02 Å². The van der Waals surface area contributed by atoms with Crippen LogP contribution in [0, 0.1) is 5.92 Å². The van der Waals surface area contributed by atoms with Crippen LogP contribution in [-0.2, 0) is 14.4 Å². The molecule has 0 radical (unpaired) electrons. The molecular formula is C21H15ClN2O3S. The van der Waals surface area contributed by atoms with Gasteiger partial charge in [-0.3, -0.25) is 14.4 Å². The summed E-state index contributed by atoms with van der Waals surface area (Å²) < 4.78 is 0. The van der Waals surface area contributed by atoms with E-state index >= 15 is 0 Å². The van der Waals surface area contributed by atoms with E-state index in [1.54, 1.807) is 40.7 Å². The highest BCUT2D eigenvalue weighted by atomic mass is 35.5. The van der Waals surface area contributed by atoms with Crippen LogP contribution in [0.15, 0.2) is 72.1 Å². The van der Waals surface area contributed by atoms with Gasteiger partial charge in [0.2, 0.25) is 5.91 Å². The summed E-state index contributed by atoms with van der Waals surface area (Å²) in [4.78, 5) is 34.7. The van der Waals surface area contributed by atoms with E-state index in [2.05, 4.69) is 0 Å². The minimum Gasteiger partial charge on any atom is -0.273 e. The maximum atomic E-state index is 13.3. The predicted molar refractivity (Wildman–Crippen MR) is 108 cm³/mol. The van der Waals surface area contributed by atoms with Crippen LogP contribution < -0.4 is 9.96 Å². The first-order valence-corrected chi connectivity index (χ1v) is 10.1. The molecule has 0 aliphatic carbocycles. The fourth-order valence-electron chi connectivity index (χ4n) is 3.81. The number of hydrogen-bond acceptors (Lipinski definition) is 5. The number of amides is 2. The number of nitrogens with zero attached hydrogens (tertiary/aromatic N) is 2. The lowest BCUT2D eigenvalue weighted by atomic mass is 9.95. The molecule has 0 bridgehead atoms. The van der Waals surface area contributed by atoms with Crippen LogP contribution in [0.5, 0.6) is 0 Å². The highest BCUT2D eigenvalue weighted by Crippen LogP contribution is 2.48. The quantitative estimate of drug-likeness (QED) is 0.598. The van der Waals surface area contributed by atoms with Crippen molar-refractivity contribution >= 4 is 46.1 Å². The first-order valence-electron chi connectivity index (χ1n) is 8.83. The van der Waals surface area contributed by atoms with Gasteiger partial charge in [0, 0.05) is 9.90 Å². The number of anilines is 2. The van der Waals surface area contributed by atoms with Crippen LogP contribution in [0.3, 0.4) is 0 Å². The second-order valence-corrected chi connectivity index (χ2v) is 8.08. The fourth-order valence-corrected chi connectivity index (χ4v) is 4.79. The highest BCUT2D eigenvalue weighted by Gasteiger charge is 2.60. The lowest BCUT2D eigenvalue weighted by Gasteiger charge is -2.27. The van der Waals surface area contributed by atoms with Crippen LogP contribution in [-0.4, -0.2) is 17.9 Å². The van der Waals surface area contributed by atoms with Crippen molar-refractivity contribution in [3.05, 3.63) is 82.0 Å². The number of hydroxylamine groups is 1. The van der Waals surface area contributed by atoms with Crippen LogP contribution in [0.4, 0.5) is 11.4 Å². The number of para-hydroxylation sites is 1. The zero-order valence-electron chi connectivity index (χ0n) is 14.6. The standard InChI is InChI=1S/C21H15ClN2O3S/c22-13-8-10-15(11-9-13)24-18(16-7-4-12-28-16)17-19(27-24)21(26)23(20(17)25)14-5-2-1-3-6-14/h1-12,17-19H/t17-,18-,19-/m1/s1. The lowest BCUT2D eigenvalue weighted by Crippen LogP contribution is -2.37. The van der Waals surface area contributed by atoms with Crippen LogP contribution >= 0.6 is 22.9 Å². The van der Waals surface area contributed by atoms with E-state index in [4.69, 9.17) is 16.4 Å². The third-order valence-corrected chi connectivity index (χ3v) is 6.24. The SMILES string of the molecule is O=C1[C@@H]2[C@@H](c3cccs3)N(c3ccc(Cl)cc3)O[C@H]2C(=O)N1c1ccccc1. The van der Waals surface area contributed by atoms with Gasteiger partial charge in [0.1, 0.15) is 12.0 Å². The molecule has 3 aromatic rings. The molecule has 7 heteroatoms. The van der Waals surface area contributed by atoms with Crippen molar-refractivity contribution in [1.82, 2.24) is 0 Å². The molecule has 28 heavy (non-hydrogen) atoms. The highest BCUT2D eigenvalue weighted by molar-refractivity contribution is 7.10. The second kappa shape index (κ2) is 6.74. The molecule has 2 amide bonds. The normalized spacial score (nSPS) is 24.1. The lowest BCUT2D eigenvalue weighted by molar-refractivity contribution is -0.126. The molecule has 2 aromatic carbocycles.